The Morgan fingerprint density at radius 2 is 1.83 bits per heavy atom. The van der Waals surface area contributed by atoms with Crippen LogP contribution in [-0.2, 0) is 6.42 Å². The second kappa shape index (κ2) is 5.72. The van der Waals surface area contributed by atoms with Gasteiger partial charge in [0.05, 0.1) is 0 Å². The summed E-state index contributed by atoms with van der Waals surface area (Å²) in [5, 5.41) is 3.27. The fourth-order valence-corrected chi connectivity index (χ4v) is 2.90. The summed E-state index contributed by atoms with van der Waals surface area (Å²) in [6.07, 6.45) is 2.86. The summed E-state index contributed by atoms with van der Waals surface area (Å²) in [4.78, 5) is 11.3. The molecule has 0 bridgehead atoms. The van der Waals surface area contributed by atoms with E-state index >= 15 is 0 Å². The maximum atomic E-state index is 4.68. The molecule has 4 rings (SSSR count). The van der Waals surface area contributed by atoms with E-state index in [4.69, 9.17) is 0 Å². The van der Waals surface area contributed by atoms with Crippen LogP contribution in [0.5, 0.6) is 0 Å². The van der Waals surface area contributed by atoms with Crippen molar-refractivity contribution >= 4 is 23.1 Å². The van der Waals surface area contributed by atoms with Gasteiger partial charge in [-0.25, -0.2) is 4.98 Å². The predicted molar refractivity (Wildman–Crippen MR) is 93.6 cm³/mol. The third kappa shape index (κ3) is 2.75. The van der Waals surface area contributed by atoms with E-state index < -0.39 is 0 Å². The Kier molecular flexibility index (Phi) is 3.42. The molecule has 1 N–H and O–H groups in total. The van der Waals surface area contributed by atoms with Crippen LogP contribution in [0.4, 0.5) is 23.1 Å². The first kappa shape index (κ1) is 13.8. The van der Waals surface area contributed by atoms with E-state index in [0.29, 0.717) is 5.95 Å². The van der Waals surface area contributed by atoms with Crippen molar-refractivity contribution in [2.75, 3.05) is 16.8 Å². The number of fused-ring (bicyclic) bond motifs is 1. The number of para-hydroxylation sites is 1. The molecule has 114 valence electrons. The maximum absolute atomic E-state index is 4.68. The maximum Gasteiger partial charge on any atom is 0.229 e. The highest BCUT2D eigenvalue weighted by atomic mass is 15.2. The largest absolute Gasteiger partial charge is 0.326 e. The Morgan fingerprint density at radius 1 is 1.00 bits per heavy atom. The molecule has 0 atom stereocenters. The van der Waals surface area contributed by atoms with Crippen molar-refractivity contribution in [3.8, 4) is 0 Å². The van der Waals surface area contributed by atoms with Gasteiger partial charge in [-0.2, -0.15) is 4.98 Å². The Labute approximate surface area is 135 Å². The molecule has 0 aliphatic carbocycles. The fraction of sp³-hybridized carbons (Fsp3) is 0.158. The van der Waals surface area contributed by atoms with E-state index in [1.165, 1.54) is 16.8 Å². The zero-order chi connectivity index (χ0) is 15.6. The third-order valence-corrected chi connectivity index (χ3v) is 4.11. The molecule has 4 heteroatoms. The highest BCUT2D eigenvalue weighted by Gasteiger charge is 2.20. The lowest BCUT2D eigenvalue weighted by molar-refractivity contribution is 0.966. The smallest absolute Gasteiger partial charge is 0.229 e. The molecule has 0 fully saturated rings. The molecule has 1 aromatic heterocycles. The number of aryl methyl sites for hydroxylation is 1. The first-order valence-electron chi connectivity index (χ1n) is 7.82. The van der Waals surface area contributed by atoms with Crippen LogP contribution in [0.15, 0.2) is 60.8 Å². The SMILES string of the molecule is Cc1ccc(Nc2nccc(N3CCc4ccccc43)n2)cc1. The number of aromatic nitrogens is 2. The molecule has 0 spiro atoms. The zero-order valence-electron chi connectivity index (χ0n) is 13.0. The number of anilines is 4. The Balaban J connectivity index is 1.61. The van der Waals surface area contributed by atoms with Crippen LogP contribution >= 0.6 is 0 Å². The first-order valence-corrected chi connectivity index (χ1v) is 7.82. The van der Waals surface area contributed by atoms with E-state index in [0.717, 1.165) is 24.5 Å². The lowest BCUT2D eigenvalue weighted by Crippen LogP contribution is -2.15. The summed E-state index contributed by atoms with van der Waals surface area (Å²) < 4.78 is 0. The third-order valence-electron chi connectivity index (χ3n) is 4.11. The highest BCUT2D eigenvalue weighted by Crippen LogP contribution is 2.33. The van der Waals surface area contributed by atoms with Crippen LogP contribution in [0.25, 0.3) is 0 Å². The van der Waals surface area contributed by atoms with Crippen LogP contribution in [0.1, 0.15) is 11.1 Å². The molecular weight excluding hydrogens is 284 g/mol. The molecule has 2 aromatic carbocycles. The quantitative estimate of drug-likeness (QED) is 0.786. The second-order valence-electron chi connectivity index (χ2n) is 5.76. The molecule has 0 radical (unpaired) electrons. The van der Waals surface area contributed by atoms with Gasteiger partial charge in [-0.1, -0.05) is 35.9 Å². The van der Waals surface area contributed by atoms with Gasteiger partial charge in [0.2, 0.25) is 5.95 Å². The number of nitrogens with one attached hydrogen (secondary N) is 1. The molecule has 2 heterocycles. The van der Waals surface area contributed by atoms with Crippen LogP contribution in [-0.4, -0.2) is 16.5 Å². The summed E-state index contributed by atoms with van der Waals surface area (Å²) >= 11 is 0. The monoisotopic (exact) mass is 302 g/mol. The molecule has 1 aliphatic heterocycles. The minimum atomic E-state index is 0.621. The zero-order valence-corrected chi connectivity index (χ0v) is 13.0. The number of nitrogens with zero attached hydrogens (tertiary/aromatic N) is 3. The normalized spacial score (nSPS) is 13.0. The van der Waals surface area contributed by atoms with Gasteiger partial charge in [0.15, 0.2) is 0 Å². The molecule has 3 aromatic rings. The van der Waals surface area contributed by atoms with Crippen LogP contribution in [0.2, 0.25) is 0 Å². The summed E-state index contributed by atoms with van der Waals surface area (Å²) in [6.45, 7) is 3.03. The minimum Gasteiger partial charge on any atom is -0.326 e. The molecule has 0 saturated carbocycles. The predicted octanol–water partition coefficient (Wildman–Crippen LogP) is 4.22. The Bertz CT molecular complexity index is 827. The van der Waals surface area contributed by atoms with Gasteiger partial charge in [-0.05, 0) is 43.2 Å². The van der Waals surface area contributed by atoms with Crippen molar-refractivity contribution in [3.05, 3.63) is 71.9 Å². The van der Waals surface area contributed by atoms with E-state index in [-0.39, 0.29) is 0 Å². The van der Waals surface area contributed by atoms with Crippen molar-refractivity contribution in [1.82, 2.24) is 9.97 Å². The van der Waals surface area contributed by atoms with Gasteiger partial charge in [0, 0.05) is 24.1 Å². The molecule has 0 unspecified atom stereocenters. The lowest BCUT2D eigenvalue weighted by atomic mass is 10.2. The van der Waals surface area contributed by atoms with Crippen LogP contribution in [0, 0.1) is 6.92 Å². The number of rotatable bonds is 3. The molecule has 23 heavy (non-hydrogen) atoms. The average molecular weight is 302 g/mol. The van der Waals surface area contributed by atoms with E-state index in [2.05, 4.69) is 63.5 Å². The number of benzene rings is 2. The summed E-state index contributed by atoms with van der Waals surface area (Å²) in [5.74, 6) is 1.55. The van der Waals surface area contributed by atoms with Crippen molar-refractivity contribution in [2.24, 2.45) is 0 Å². The van der Waals surface area contributed by atoms with Gasteiger partial charge >= 0.3 is 0 Å². The minimum absolute atomic E-state index is 0.621. The second-order valence-corrected chi connectivity index (χ2v) is 5.76. The average Bonchev–Trinajstić information content (AvgIpc) is 3.01. The van der Waals surface area contributed by atoms with Gasteiger partial charge in [0.25, 0.3) is 0 Å². The van der Waals surface area contributed by atoms with Crippen molar-refractivity contribution in [1.29, 1.82) is 0 Å². The van der Waals surface area contributed by atoms with Crippen LogP contribution in [0.3, 0.4) is 0 Å². The van der Waals surface area contributed by atoms with Crippen molar-refractivity contribution in [2.45, 2.75) is 13.3 Å². The first-order chi connectivity index (χ1) is 11.3. The Morgan fingerprint density at radius 3 is 2.70 bits per heavy atom. The summed E-state index contributed by atoms with van der Waals surface area (Å²) in [5.41, 5.74) is 4.85. The van der Waals surface area contributed by atoms with Crippen molar-refractivity contribution < 1.29 is 0 Å². The van der Waals surface area contributed by atoms with Crippen molar-refractivity contribution in [3.63, 3.8) is 0 Å². The highest BCUT2D eigenvalue weighted by molar-refractivity contribution is 5.68. The van der Waals surface area contributed by atoms with Gasteiger partial charge in [0.1, 0.15) is 5.82 Å². The summed E-state index contributed by atoms with van der Waals surface area (Å²) in [7, 11) is 0. The van der Waals surface area contributed by atoms with Gasteiger partial charge in [-0.3, -0.25) is 0 Å². The topological polar surface area (TPSA) is 41.1 Å². The molecule has 4 nitrogen and oxygen atoms in total. The molecule has 1 aliphatic rings. The number of hydrogen-bond acceptors (Lipinski definition) is 4. The standard InChI is InChI=1S/C19H18N4/c1-14-6-8-16(9-7-14)21-19-20-12-10-18(22-19)23-13-11-15-4-2-3-5-17(15)23/h2-10,12H,11,13H2,1H3,(H,20,21,22). The molecule has 0 amide bonds. The van der Waals surface area contributed by atoms with E-state index in [1.54, 1.807) is 6.20 Å². The van der Waals surface area contributed by atoms with Crippen LogP contribution < -0.4 is 10.2 Å². The van der Waals surface area contributed by atoms with E-state index in [1.807, 2.05) is 18.2 Å². The molecule has 0 saturated heterocycles. The fourth-order valence-electron chi connectivity index (χ4n) is 2.90. The lowest BCUT2D eigenvalue weighted by Gasteiger charge is -2.18. The van der Waals surface area contributed by atoms with Gasteiger partial charge < -0.3 is 10.2 Å². The number of hydrogen-bond donors (Lipinski definition) is 1. The van der Waals surface area contributed by atoms with E-state index in [9.17, 15) is 0 Å². The van der Waals surface area contributed by atoms with Gasteiger partial charge in [-0.15, -0.1) is 0 Å². The Hall–Kier alpha value is -2.88. The molecular formula is C19H18N4. The summed E-state index contributed by atoms with van der Waals surface area (Å²) in [6, 6.07) is 18.7.